The Labute approximate surface area is 70.1 Å². The molecule has 3 heteroatoms. The third-order valence-corrected chi connectivity index (χ3v) is 1.49. The lowest BCUT2D eigenvalue weighted by molar-refractivity contribution is -0.130. The summed E-state index contributed by atoms with van der Waals surface area (Å²) < 4.78 is 0. The molecular weight excluding hydrogens is 154 g/mol. The summed E-state index contributed by atoms with van der Waals surface area (Å²) in [5.41, 5.74) is 6.60. The third kappa shape index (κ3) is 1.63. The number of nitrogen functional groups attached to an aromatic ring is 1. The van der Waals surface area contributed by atoms with Crippen molar-refractivity contribution in [2.45, 2.75) is 0 Å². The van der Waals surface area contributed by atoms with Crippen LogP contribution in [-0.2, 0) is 4.79 Å². The third-order valence-electron chi connectivity index (χ3n) is 1.49. The van der Waals surface area contributed by atoms with Gasteiger partial charge >= 0.3 is 5.97 Å². The van der Waals surface area contributed by atoms with E-state index in [1.165, 1.54) is 0 Å². The largest absolute Gasteiger partial charge is 0.478 e. The van der Waals surface area contributed by atoms with Gasteiger partial charge in [0.1, 0.15) is 0 Å². The van der Waals surface area contributed by atoms with Crippen LogP contribution in [0.2, 0.25) is 0 Å². The molecule has 12 heavy (non-hydrogen) atoms. The molecule has 0 fully saturated rings. The number of anilines is 1. The zero-order chi connectivity index (χ0) is 9.14. The molecule has 0 atom stereocenters. The van der Waals surface area contributed by atoms with E-state index in [1.807, 2.05) is 0 Å². The first-order valence-electron chi connectivity index (χ1n) is 3.39. The van der Waals surface area contributed by atoms with Crippen LogP contribution in [0.25, 0.3) is 5.57 Å². The van der Waals surface area contributed by atoms with Crippen LogP contribution >= 0.6 is 0 Å². The minimum atomic E-state index is -1.03. The van der Waals surface area contributed by atoms with E-state index in [2.05, 4.69) is 6.58 Å². The zero-order valence-electron chi connectivity index (χ0n) is 6.45. The Balaban J connectivity index is 3.04. The van der Waals surface area contributed by atoms with E-state index >= 15 is 0 Å². The van der Waals surface area contributed by atoms with Crippen LogP contribution < -0.4 is 5.73 Å². The molecule has 0 bridgehead atoms. The van der Waals surface area contributed by atoms with Crippen LogP contribution in [0.4, 0.5) is 5.69 Å². The van der Waals surface area contributed by atoms with Gasteiger partial charge in [0.2, 0.25) is 0 Å². The quantitative estimate of drug-likeness (QED) is 0.511. The van der Waals surface area contributed by atoms with Crippen LogP contribution in [0.3, 0.4) is 0 Å². The standard InChI is InChI=1S/C9H9NO2/c1-6(9(11)12)7-3-2-4-8(10)5-7/h2-5H,1,10H2,(H,11,12). The van der Waals surface area contributed by atoms with Crippen molar-refractivity contribution < 1.29 is 9.90 Å². The van der Waals surface area contributed by atoms with Crippen molar-refractivity contribution in [1.82, 2.24) is 0 Å². The molecule has 62 valence electrons. The van der Waals surface area contributed by atoms with Gasteiger partial charge in [-0.2, -0.15) is 0 Å². The Hall–Kier alpha value is -1.77. The zero-order valence-corrected chi connectivity index (χ0v) is 6.45. The van der Waals surface area contributed by atoms with E-state index in [4.69, 9.17) is 10.8 Å². The highest BCUT2D eigenvalue weighted by molar-refractivity contribution is 6.14. The molecule has 1 aromatic carbocycles. The predicted molar refractivity (Wildman–Crippen MR) is 47.5 cm³/mol. The van der Waals surface area contributed by atoms with Gasteiger partial charge in [-0.25, -0.2) is 4.79 Å². The second-order valence-corrected chi connectivity index (χ2v) is 2.41. The lowest BCUT2D eigenvalue weighted by Gasteiger charge is -2.00. The fourth-order valence-corrected chi connectivity index (χ4v) is 0.850. The van der Waals surface area contributed by atoms with Crippen LogP contribution in [0, 0.1) is 0 Å². The summed E-state index contributed by atoms with van der Waals surface area (Å²) in [6.07, 6.45) is 0. The van der Waals surface area contributed by atoms with Crippen molar-refractivity contribution >= 4 is 17.2 Å². The molecule has 0 unspecified atom stereocenters. The molecule has 0 saturated heterocycles. The summed E-state index contributed by atoms with van der Waals surface area (Å²) >= 11 is 0. The van der Waals surface area contributed by atoms with E-state index in [9.17, 15) is 4.79 Å². The highest BCUT2D eigenvalue weighted by atomic mass is 16.4. The summed E-state index contributed by atoms with van der Waals surface area (Å²) in [5.74, 6) is -1.03. The Bertz CT molecular complexity index is 331. The van der Waals surface area contributed by atoms with E-state index in [-0.39, 0.29) is 5.57 Å². The topological polar surface area (TPSA) is 63.3 Å². The second-order valence-electron chi connectivity index (χ2n) is 2.41. The van der Waals surface area contributed by atoms with Crippen LogP contribution in [-0.4, -0.2) is 11.1 Å². The van der Waals surface area contributed by atoms with Gasteiger partial charge in [0.15, 0.2) is 0 Å². The van der Waals surface area contributed by atoms with Crippen LogP contribution in [0.15, 0.2) is 30.8 Å². The summed E-state index contributed by atoms with van der Waals surface area (Å²) in [6.45, 7) is 3.41. The Kier molecular flexibility index (Phi) is 2.14. The normalized spacial score (nSPS) is 9.33. The van der Waals surface area contributed by atoms with E-state index < -0.39 is 5.97 Å². The molecular formula is C9H9NO2. The lowest BCUT2D eigenvalue weighted by atomic mass is 10.1. The maximum absolute atomic E-state index is 10.5. The number of nitrogens with two attached hydrogens (primary N) is 1. The fourth-order valence-electron chi connectivity index (χ4n) is 0.850. The number of rotatable bonds is 2. The van der Waals surface area contributed by atoms with E-state index in [0.29, 0.717) is 11.3 Å². The molecule has 3 nitrogen and oxygen atoms in total. The number of carbonyl (C=O) groups is 1. The van der Waals surface area contributed by atoms with Crippen molar-refractivity contribution in [1.29, 1.82) is 0 Å². The van der Waals surface area contributed by atoms with Gasteiger partial charge in [-0.3, -0.25) is 0 Å². The molecule has 1 rings (SSSR count). The van der Waals surface area contributed by atoms with Gasteiger partial charge in [-0.05, 0) is 17.7 Å². The van der Waals surface area contributed by atoms with E-state index in [1.54, 1.807) is 24.3 Å². The van der Waals surface area contributed by atoms with Crippen molar-refractivity contribution in [2.24, 2.45) is 0 Å². The smallest absolute Gasteiger partial charge is 0.335 e. The minimum absolute atomic E-state index is 0.0577. The first-order chi connectivity index (χ1) is 5.61. The molecule has 0 aromatic heterocycles. The average molecular weight is 163 g/mol. The predicted octanol–water partition coefficient (Wildman–Crippen LogP) is 1.37. The van der Waals surface area contributed by atoms with Gasteiger partial charge < -0.3 is 10.8 Å². The first kappa shape index (κ1) is 8.33. The molecule has 0 saturated carbocycles. The number of benzene rings is 1. The second kappa shape index (κ2) is 3.09. The van der Waals surface area contributed by atoms with Crippen molar-refractivity contribution in [3.8, 4) is 0 Å². The lowest BCUT2D eigenvalue weighted by Crippen LogP contribution is -1.98. The van der Waals surface area contributed by atoms with Crippen molar-refractivity contribution in [2.75, 3.05) is 5.73 Å². The first-order valence-corrected chi connectivity index (χ1v) is 3.39. The SMILES string of the molecule is C=C(C(=O)O)c1cccc(N)c1. The molecule has 1 aromatic rings. The molecule has 0 heterocycles. The monoisotopic (exact) mass is 163 g/mol. The minimum Gasteiger partial charge on any atom is -0.478 e. The Morgan fingerprint density at radius 2 is 2.17 bits per heavy atom. The maximum atomic E-state index is 10.5. The summed E-state index contributed by atoms with van der Waals surface area (Å²) in [4.78, 5) is 10.5. The molecule has 0 aliphatic carbocycles. The van der Waals surface area contributed by atoms with Gasteiger partial charge in [0.05, 0.1) is 5.57 Å². The van der Waals surface area contributed by atoms with Crippen molar-refractivity contribution in [3.05, 3.63) is 36.4 Å². The number of carboxylic acids is 1. The molecule has 0 amide bonds. The Morgan fingerprint density at radius 1 is 1.50 bits per heavy atom. The molecule has 0 aliphatic rings. The average Bonchev–Trinajstić information content (AvgIpc) is 2.03. The number of aliphatic carboxylic acids is 1. The van der Waals surface area contributed by atoms with Gasteiger partial charge in [0, 0.05) is 5.69 Å². The maximum Gasteiger partial charge on any atom is 0.335 e. The number of hydrogen-bond acceptors (Lipinski definition) is 2. The summed E-state index contributed by atoms with van der Waals surface area (Å²) in [7, 11) is 0. The highest BCUT2D eigenvalue weighted by Crippen LogP contribution is 2.14. The molecule has 0 radical (unpaired) electrons. The molecule has 0 spiro atoms. The number of carboxylic acid groups (broad SMARTS) is 1. The fraction of sp³-hybridized carbons (Fsp3) is 0. The molecule has 0 aliphatic heterocycles. The van der Waals surface area contributed by atoms with Crippen LogP contribution in [0.5, 0.6) is 0 Å². The van der Waals surface area contributed by atoms with Crippen molar-refractivity contribution in [3.63, 3.8) is 0 Å². The number of hydrogen-bond donors (Lipinski definition) is 2. The van der Waals surface area contributed by atoms with Gasteiger partial charge in [-0.15, -0.1) is 0 Å². The summed E-state index contributed by atoms with van der Waals surface area (Å²) in [5, 5.41) is 8.59. The Morgan fingerprint density at radius 3 is 2.67 bits per heavy atom. The van der Waals surface area contributed by atoms with Gasteiger partial charge in [0.25, 0.3) is 0 Å². The van der Waals surface area contributed by atoms with Gasteiger partial charge in [-0.1, -0.05) is 18.7 Å². The highest BCUT2D eigenvalue weighted by Gasteiger charge is 2.05. The van der Waals surface area contributed by atoms with Crippen LogP contribution in [0.1, 0.15) is 5.56 Å². The molecule has 3 N–H and O–H groups in total. The van der Waals surface area contributed by atoms with E-state index in [0.717, 1.165) is 0 Å². The summed E-state index contributed by atoms with van der Waals surface area (Å²) in [6, 6.07) is 6.63.